The van der Waals surface area contributed by atoms with E-state index in [2.05, 4.69) is 66.0 Å². The van der Waals surface area contributed by atoms with Crippen molar-refractivity contribution in [3.05, 3.63) is 0 Å². The molecular formula is C18H40N6. The van der Waals surface area contributed by atoms with Gasteiger partial charge in [-0.25, -0.2) is 0 Å². The molecule has 6 heteroatoms. The summed E-state index contributed by atoms with van der Waals surface area (Å²) in [5.74, 6) is 0.627. The van der Waals surface area contributed by atoms with E-state index in [1.165, 1.54) is 0 Å². The van der Waals surface area contributed by atoms with E-state index < -0.39 is 0 Å². The van der Waals surface area contributed by atoms with Crippen molar-refractivity contribution in [2.75, 3.05) is 26.2 Å². The van der Waals surface area contributed by atoms with Crippen LogP contribution in [0.25, 0.3) is 0 Å². The highest BCUT2D eigenvalue weighted by Gasteiger charge is 2.23. The Kier molecular flexibility index (Phi) is 10.9. The minimum Gasteiger partial charge on any atom is -0.350 e. The average Bonchev–Trinajstić information content (AvgIpc) is 2.45. The van der Waals surface area contributed by atoms with Crippen LogP contribution in [-0.2, 0) is 0 Å². The predicted octanol–water partition coefficient (Wildman–Crippen LogP) is 2.36. The molecule has 0 fully saturated rings. The second-order valence-electron chi connectivity index (χ2n) is 7.49. The lowest BCUT2D eigenvalue weighted by atomic mass is 10.2. The van der Waals surface area contributed by atoms with Crippen LogP contribution in [0, 0.1) is 10.8 Å². The fourth-order valence-corrected chi connectivity index (χ4v) is 2.48. The molecule has 0 saturated carbocycles. The van der Waals surface area contributed by atoms with Crippen molar-refractivity contribution in [2.24, 2.45) is 0 Å². The lowest BCUT2D eigenvalue weighted by molar-refractivity contribution is 0.319. The van der Waals surface area contributed by atoms with Gasteiger partial charge in [0.15, 0.2) is 11.7 Å². The van der Waals surface area contributed by atoms with Gasteiger partial charge in [0.25, 0.3) is 0 Å². The highest BCUT2D eigenvalue weighted by molar-refractivity contribution is 6.37. The summed E-state index contributed by atoms with van der Waals surface area (Å²) >= 11 is 0. The van der Waals surface area contributed by atoms with Crippen molar-refractivity contribution in [3.63, 3.8) is 0 Å². The van der Waals surface area contributed by atoms with E-state index in [-0.39, 0.29) is 12.1 Å². The molecule has 0 bridgehead atoms. The number of nitrogens with zero attached hydrogens (tertiary/aromatic N) is 2. The molecule has 0 aromatic rings. The van der Waals surface area contributed by atoms with E-state index in [9.17, 15) is 0 Å². The number of amidine groups is 2. The van der Waals surface area contributed by atoms with Crippen LogP contribution in [0.3, 0.4) is 0 Å². The van der Waals surface area contributed by atoms with E-state index in [0.717, 1.165) is 26.2 Å². The summed E-state index contributed by atoms with van der Waals surface area (Å²) < 4.78 is 0. The Balaban J connectivity index is 4.85. The van der Waals surface area contributed by atoms with Gasteiger partial charge in [-0.2, -0.15) is 0 Å². The normalized spacial score (nSPS) is 11.7. The second-order valence-corrected chi connectivity index (χ2v) is 7.49. The summed E-state index contributed by atoms with van der Waals surface area (Å²) in [4.78, 5) is 4.01. The van der Waals surface area contributed by atoms with Gasteiger partial charge >= 0.3 is 0 Å². The maximum absolute atomic E-state index is 8.52. The Morgan fingerprint density at radius 2 is 0.958 bits per heavy atom. The maximum atomic E-state index is 8.52. The second kappa shape index (κ2) is 11.4. The van der Waals surface area contributed by atoms with Crippen LogP contribution < -0.4 is 10.6 Å². The van der Waals surface area contributed by atoms with Crippen LogP contribution in [-0.4, -0.2) is 71.8 Å². The van der Waals surface area contributed by atoms with Crippen LogP contribution in [0.4, 0.5) is 0 Å². The molecule has 0 rings (SSSR count). The fourth-order valence-electron chi connectivity index (χ4n) is 2.48. The van der Waals surface area contributed by atoms with Gasteiger partial charge in [0, 0.05) is 50.3 Å². The molecule has 0 radical (unpaired) electrons. The molecule has 0 aliphatic rings. The Bertz CT molecular complexity index is 340. The van der Waals surface area contributed by atoms with Gasteiger partial charge in [-0.15, -0.1) is 0 Å². The van der Waals surface area contributed by atoms with Crippen molar-refractivity contribution in [1.29, 1.82) is 10.8 Å². The summed E-state index contributed by atoms with van der Waals surface area (Å²) in [6.45, 7) is 19.9. The monoisotopic (exact) mass is 340 g/mol. The molecular weight excluding hydrogens is 300 g/mol. The molecule has 142 valence electrons. The molecule has 0 aromatic carbocycles. The molecule has 6 nitrogen and oxygen atoms in total. The van der Waals surface area contributed by atoms with E-state index in [0.29, 0.717) is 23.8 Å². The molecule has 0 spiro atoms. The zero-order valence-corrected chi connectivity index (χ0v) is 17.0. The van der Waals surface area contributed by atoms with Crippen LogP contribution in [0.5, 0.6) is 0 Å². The van der Waals surface area contributed by atoms with Crippen LogP contribution in [0.2, 0.25) is 0 Å². The van der Waals surface area contributed by atoms with Crippen molar-refractivity contribution in [2.45, 2.75) is 79.6 Å². The molecule has 0 aromatic heterocycles. The van der Waals surface area contributed by atoms with Crippen molar-refractivity contribution in [1.82, 2.24) is 20.4 Å². The number of hydrogen-bond acceptors (Lipinski definition) is 4. The minimum atomic E-state index is 0.203. The first kappa shape index (κ1) is 22.9. The van der Waals surface area contributed by atoms with Crippen molar-refractivity contribution >= 4 is 11.7 Å². The van der Waals surface area contributed by atoms with Crippen molar-refractivity contribution < 1.29 is 0 Å². The zero-order valence-electron chi connectivity index (χ0n) is 17.0. The Hall–Kier alpha value is -1.14. The standard InChI is InChI=1S/C18H40N6/c1-13(2)21-9-11-23(15(5)6)17(19)18(20)24(16(7)8)12-10-22-14(3)4/h13-16,19-22H,9-12H2,1-8H3. The summed E-state index contributed by atoms with van der Waals surface area (Å²) in [6.07, 6.45) is 0. The van der Waals surface area contributed by atoms with Gasteiger partial charge in [0.2, 0.25) is 0 Å². The SMILES string of the molecule is CC(C)NCCN(C(=N)C(=N)N(CCNC(C)C)C(C)C)C(C)C. The van der Waals surface area contributed by atoms with Gasteiger partial charge < -0.3 is 20.4 Å². The topological polar surface area (TPSA) is 78.2 Å². The highest BCUT2D eigenvalue weighted by atomic mass is 15.3. The summed E-state index contributed by atoms with van der Waals surface area (Å²) in [6, 6.07) is 1.27. The molecule has 0 aliphatic heterocycles. The number of nitrogens with one attached hydrogen (secondary N) is 4. The lowest BCUT2D eigenvalue weighted by Gasteiger charge is -2.35. The van der Waals surface area contributed by atoms with Crippen LogP contribution >= 0.6 is 0 Å². The zero-order chi connectivity index (χ0) is 18.9. The first-order chi connectivity index (χ1) is 11.1. The fraction of sp³-hybridized carbons (Fsp3) is 0.889. The largest absolute Gasteiger partial charge is 0.350 e. The molecule has 0 atom stereocenters. The maximum Gasteiger partial charge on any atom is 0.164 e. The van der Waals surface area contributed by atoms with Gasteiger partial charge in [-0.05, 0) is 27.7 Å². The molecule has 24 heavy (non-hydrogen) atoms. The Morgan fingerprint density at radius 3 is 1.17 bits per heavy atom. The molecule has 0 amide bonds. The van der Waals surface area contributed by atoms with Gasteiger partial charge in [0.05, 0.1) is 0 Å². The molecule has 0 aliphatic carbocycles. The highest BCUT2D eigenvalue weighted by Crippen LogP contribution is 2.06. The van der Waals surface area contributed by atoms with Gasteiger partial charge in [-0.3, -0.25) is 10.8 Å². The third kappa shape index (κ3) is 8.64. The van der Waals surface area contributed by atoms with E-state index in [1.807, 2.05) is 9.80 Å². The number of rotatable bonds is 10. The first-order valence-corrected chi connectivity index (χ1v) is 9.25. The molecule has 0 heterocycles. The van der Waals surface area contributed by atoms with Crippen LogP contribution in [0.1, 0.15) is 55.4 Å². The Morgan fingerprint density at radius 1 is 0.667 bits per heavy atom. The van der Waals surface area contributed by atoms with Crippen molar-refractivity contribution in [3.8, 4) is 0 Å². The van der Waals surface area contributed by atoms with E-state index in [4.69, 9.17) is 10.8 Å². The average molecular weight is 341 g/mol. The smallest absolute Gasteiger partial charge is 0.164 e. The minimum absolute atomic E-state index is 0.203. The van der Waals surface area contributed by atoms with Crippen LogP contribution in [0.15, 0.2) is 0 Å². The number of hydrogen-bond donors (Lipinski definition) is 4. The first-order valence-electron chi connectivity index (χ1n) is 9.25. The van der Waals surface area contributed by atoms with Gasteiger partial charge in [0.1, 0.15) is 0 Å². The summed E-state index contributed by atoms with van der Waals surface area (Å²) in [7, 11) is 0. The molecule has 0 saturated heterocycles. The summed E-state index contributed by atoms with van der Waals surface area (Å²) in [5.41, 5.74) is 0. The summed E-state index contributed by atoms with van der Waals surface area (Å²) in [5, 5.41) is 23.8. The van der Waals surface area contributed by atoms with E-state index >= 15 is 0 Å². The molecule has 4 N–H and O–H groups in total. The van der Waals surface area contributed by atoms with Gasteiger partial charge in [-0.1, -0.05) is 27.7 Å². The van der Waals surface area contributed by atoms with E-state index in [1.54, 1.807) is 0 Å². The third-order valence-corrected chi connectivity index (χ3v) is 3.86. The molecule has 0 unspecified atom stereocenters. The Labute approximate surface area is 149 Å². The third-order valence-electron chi connectivity index (χ3n) is 3.86. The quantitative estimate of drug-likeness (QED) is 0.364. The predicted molar refractivity (Wildman–Crippen MR) is 105 cm³/mol. The lowest BCUT2D eigenvalue weighted by Crippen LogP contribution is -2.52.